The Morgan fingerprint density at radius 3 is 2.04 bits per heavy atom. The maximum atomic E-state index is 11.2. The molecule has 0 saturated carbocycles. The largest absolute Gasteiger partial charge is 0.481 e. The molecule has 0 aromatic heterocycles. The molecule has 0 amide bonds. The smallest absolute Gasteiger partial charge is 0.333 e. The van der Waals surface area contributed by atoms with Gasteiger partial charge >= 0.3 is 23.9 Å². The lowest BCUT2D eigenvalue weighted by atomic mass is 10.1. The maximum Gasteiger partial charge on any atom is 0.333 e. The molecule has 0 aromatic rings. The third kappa shape index (κ3) is 11.9. The van der Waals surface area contributed by atoms with Crippen molar-refractivity contribution in [2.24, 2.45) is 0 Å². The minimum atomic E-state index is -1.51. The zero-order chi connectivity index (χ0) is 19.4. The molecule has 3 atom stereocenters. The Labute approximate surface area is 143 Å². The zero-order valence-corrected chi connectivity index (χ0v) is 13.7. The molecular weight excluding hydrogens is 342 g/mol. The van der Waals surface area contributed by atoms with Gasteiger partial charge in [0.05, 0.1) is 32.2 Å². The van der Waals surface area contributed by atoms with Crippen LogP contribution in [0.2, 0.25) is 0 Å². The van der Waals surface area contributed by atoms with Gasteiger partial charge in [-0.05, 0) is 13.3 Å². The van der Waals surface area contributed by atoms with Crippen LogP contribution in [-0.4, -0.2) is 82.3 Å². The summed E-state index contributed by atoms with van der Waals surface area (Å²) in [5.41, 5.74) is 0. The van der Waals surface area contributed by atoms with Gasteiger partial charge in [-0.15, -0.1) is 0 Å². The van der Waals surface area contributed by atoms with Crippen LogP contribution >= 0.6 is 0 Å². The Morgan fingerprint density at radius 2 is 1.56 bits per heavy atom. The first-order valence-electron chi connectivity index (χ1n) is 7.49. The monoisotopic (exact) mass is 365 g/mol. The Hall–Kier alpha value is -2.24. The molecule has 0 saturated heterocycles. The second kappa shape index (κ2) is 12.2. The third-order valence-corrected chi connectivity index (χ3v) is 3.03. The number of carbonyl (C=O) groups is 4. The lowest BCUT2D eigenvalue weighted by molar-refractivity contribution is -0.156. The van der Waals surface area contributed by atoms with Gasteiger partial charge in [0.2, 0.25) is 0 Å². The van der Waals surface area contributed by atoms with E-state index in [4.69, 9.17) is 29.9 Å². The van der Waals surface area contributed by atoms with E-state index in [1.807, 2.05) is 0 Å². The highest BCUT2D eigenvalue weighted by molar-refractivity contribution is 5.79. The fraction of sp³-hybridized carbons (Fsp3) is 0.714. The second-order valence-corrected chi connectivity index (χ2v) is 5.20. The molecule has 11 nitrogen and oxygen atoms in total. The Morgan fingerprint density at radius 1 is 0.920 bits per heavy atom. The van der Waals surface area contributed by atoms with E-state index in [1.54, 1.807) is 6.92 Å². The average Bonchev–Trinajstić information content (AvgIpc) is 2.47. The van der Waals surface area contributed by atoms with Gasteiger partial charge in [0, 0.05) is 6.54 Å². The molecule has 0 heterocycles. The van der Waals surface area contributed by atoms with E-state index >= 15 is 0 Å². The number of ether oxygens (including phenoxy) is 2. The van der Waals surface area contributed by atoms with Crippen LogP contribution in [0.25, 0.3) is 0 Å². The highest BCUT2D eigenvalue weighted by atomic mass is 16.5. The number of hydrogen-bond acceptors (Lipinski definition) is 7. The predicted molar refractivity (Wildman–Crippen MR) is 81.3 cm³/mol. The molecule has 0 fully saturated rings. The first-order valence-corrected chi connectivity index (χ1v) is 7.49. The minimum absolute atomic E-state index is 0.0117. The number of rotatable bonds is 15. The number of carboxylic acid groups (broad SMARTS) is 4. The van der Waals surface area contributed by atoms with Gasteiger partial charge in [0.15, 0.2) is 6.10 Å². The van der Waals surface area contributed by atoms with E-state index in [0.29, 0.717) is 0 Å². The van der Waals surface area contributed by atoms with Crippen molar-refractivity contribution >= 4 is 23.9 Å². The normalized spacial score (nSPS) is 14.4. The lowest BCUT2D eigenvalue weighted by Crippen LogP contribution is -2.41. The van der Waals surface area contributed by atoms with Crippen molar-refractivity contribution in [1.29, 1.82) is 0 Å². The van der Waals surface area contributed by atoms with Crippen LogP contribution in [0, 0.1) is 0 Å². The average molecular weight is 365 g/mol. The van der Waals surface area contributed by atoms with Gasteiger partial charge < -0.3 is 35.2 Å². The number of carboxylic acids is 4. The maximum absolute atomic E-state index is 11.2. The molecule has 11 heteroatoms. The summed E-state index contributed by atoms with van der Waals surface area (Å²) in [6.45, 7) is 1.36. The van der Waals surface area contributed by atoms with Crippen molar-refractivity contribution < 1.29 is 49.1 Å². The van der Waals surface area contributed by atoms with Crippen LogP contribution in [0.1, 0.15) is 26.2 Å². The standard InChI is InChI=1S/C14H23NO10/c1-8(24-4-2-11(16)17)6-9(13(20)21)15-3-5-25-10(14(22)23)7-12(18)19/h8-10,15H,2-7H2,1H3,(H,16,17)(H,18,19)(H,20,21)(H,22,23). The van der Waals surface area contributed by atoms with E-state index in [0.717, 1.165) is 0 Å². The van der Waals surface area contributed by atoms with Crippen molar-refractivity contribution in [2.75, 3.05) is 19.8 Å². The summed E-state index contributed by atoms with van der Waals surface area (Å²) >= 11 is 0. The van der Waals surface area contributed by atoms with Crippen LogP contribution in [0.3, 0.4) is 0 Å². The minimum Gasteiger partial charge on any atom is -0.481 e. The molecule has 0 spiro atoms. The topological polar surface area (TPSA) is 180 Å². The van der Waals surface area contributed by atoms with Crippen LogP contribution in [0.15, 0.2) is 0 Å². The first-order chi connectivity index (χ1) is 11.6. The Balaban J connectivity index is 4.22. The first kappa shape index (κ1) is 22.8. The molecule has 25 heavy (non-hydrogen) atoms. The molecule has 0 aromatic carbocycles. The molecule has 0 bridgehead atoms. The van der Waals surface area contributed by atoms with Gasteiger partial charge in [-0.2, -0.15) is 0 Å². The van der Waals surface area contributed by atoms with Crippen molar-refractivity contribution in [3.63, 3.8) is 0 Å². The molecule has 144 valence electrons. The van der Waals surface area contributed by atoms with Crippen molar-refractivity contribution in [1.82, 2.24) is 5.32 Å². The summed E-state index contributed by atoms with van der Waals surface area (Å²) in [7, 11) is 0. The van der Waals surface area contributed by atoms with E-state index in [-0.39, 0.29) is 32.6 Å². The fourth-order valence-corrected chi connectivity index (χ4v) is 1.83. The Kier molecular flexibility index (Phi) is 11.1. The highest BCUT2D eigenvalue weighted by Crippen LogP contribution is 2.04. The SMILES string of the molecule is CC(CC(NCCOC(CC(=O)O)C(=O)O)C(=O)O)OCCC(=O)O. The van der Waals surface area contributed by atoms with E-state index in [9.17, 15) is 19.2 Å². The lowest BCUT2D eigenvalue weighted by Gasteiger charge is -2.19. The van der Waals surface area contributed by atoms with E-state index < -0.39 is 48.5 Å². The van der Waals surface area contributed by atoms with Crippen molar-refractivity contribution in [3.8, 4) is 0 Å². The second-order valence-electron chi connectivity index (χ2n) is 5.20. The summed E-state index contributed by atoms with van der Waals surface area (Å²) in [6, 6.07) is -1.01. The summed E-state index contributed by atoms with van der Waals surface area (Å²) in [5, 5.41) is 37.6. The molecule has 0 aliphatic carbocycles. The van der Waals surface area contributed by atoms with Gasteiger partial charge in [-0.3, -0.25) is 14.4 Å². The molecule has 5 N–H and O–H groups in total. The summed E-state index contributed by atoms with van der Waals surface area (Å²) in [4.78, 5) is 42.9. The molecule has 0 aliphatic rings. The summed E-state index contributed by atoms with van der Waals surface area (Å²) in [5.74, 6) is -4.92. The zero-order valence-electron chi connectivity index (χ0n) is 13.7. The number of nitrogens with one attached hydrogen (secondary N) is 1. The van der Waals surface area contributed by atoms with E-state index in [1.165, 1.54) is 0 Å². The van der Waals surface area contributed by atoms with E-state index in [2.05, 4.69) is 5.32 Å². The summed E-state index contributed by atoms with van der Waals surface area (Å²) in [6.07, 6.45) is -2.85. The highest BCUT2D eigenvalue weighted by Gasteiger charge is 2.23. The van der Waals surface area contributed by atoms with Gasteiger partial charge in [-0.25, -0.2) is 4.79 Å². The summed E-state index contributed by atoms with van der Waals surface area (Å²) < 4.78 is 10.1. The number of aliphatic carboxylic acids is 4. The third-order valence-electron chi connectivity index (χ3n) is 3.03. The van der Waals surface area contributed by atoms with Gasteiger partial charge in [0.25, 0.3) is 0 Å². The number of hydrogen-bond donors (Lipinski definition) is 5. The molecule has 0 aliphatic heterocycles. The van der Waals surface area contributed by atoms with Crippen molar-refractivity contribution in [2.45, 2.75) is 44.4 Å². The molecule has 0 radical (unpaired) electrons. The molecule has 3 unspecified atom stereocenters. The van der Waals surface area contributed by atoms with Gasteiger partial charge in [0.1, 0.15) is 6.04 Å². The Bertz CT molecular complexity index is 467. The molecular formula is C14H23NO10. The van der Waals surface area contributed by atoms with Crippen molar-refractivity contribution in [3.05, 3.63) is 0 Å². The van der Waals surface area contributed by atoms with Crippen LogP contribution in [0.5, 0.6) is 0 Å². The fourth-order valence-electron chi connectivity index (χ4n) is 1.83. The van der Waals surface area contributed by atoms with Crippen LogP contribution < -0.4 is 5.32 Å². The van der Waals surface area contributed by atoms with Crippen LogP contribution in [0.4, 0.5) is 0 Å². The quantitative estimate of drug-likeness (QED) is 0.230. The van der Waals surface area contributed by atoms with Gasteiger partial charge in [-0.1, -0.05) is 0 Å². The molecule has 0 rings (SSSR count). The predicted octanol–water partition coefficient (Wildman–Crippen LogP) is -0.756. The van der Waals surface area contributed by atoms with Crippen LogP contribution in [-0.2, 0) is 28.7 Å².